The summed E-state index contributed by atoms with van der Waals surface area (Å²) < 4.78 is 0. The zero-order valence-electron chi connectivity index (χ0n) is 38.9. The highest BCUT2D eigenvalue weighted by Crippen LogP contribution is 2.52. The number of nitrogens with zero attached hydrogens (tertiary/aromatic N) is 1. The molecule has 14 rings (SSSR count). The van der Waals surface area contributed by atoms with Crippen LogP contribution in [-0.4, -0.2) is 0 Å². The lowest BCUT2D eigenvalue weighted by molar-refractivity contribution is 1.33. The van der Waals surface area contributed by atoms with E-state index < -0.39 is 0 Å². The molecule has 0 saturated heterocycles. The van der Waals surface area contributed by atoms with Crippen molar-refractivity contribution in [2.24, 2.45) is 0 Å². The van der Waals surface area contributed by atoms with Gasteiger partial charge in [0.25, 0.3) is 0 Å². The van der Waals surface area contributed by atoms with Crippen molar-refractivity contribution in [3.63, 3.8) is 0 Å². The third kappa shape index (κ3) is 6.70. The first kappa shape index (κ1) is 40.7. The molecule has 0 atom stereocenters. The Balaban J connectivity index is 1.12. The average Bonchev–Trinajstić information content (AvgIpc) is 3.45. The first-order valence-electron chi connectivity index (χ1n) is 24.6. The van der Waals surface area contributed by atoms with E-state index in [1.807, 2.05) is 0 Å². The van der Waals surface area contributed by atoms with Crippen LogP contribution in [0.5, 0.6) is 0 Å². The van der Waals surface area contributed by atoms with Gasteiger partial charge in [-0.3, -0.25) is 0 Å². The van der Waals surface area contributed by atoms with Gasteiger partial charge in [-0.15, -0.1) is 0 Å². The fourth-order valence-corrected chi connectivity index (χ4v) is 11.6. The fraction of sp³-hybridized carbons (Fsp3) is 0. The van der Waals surface area contributed by atoms with Gasteiger partial charge in [0.1, 0.15) is 0 Å². The highest BCUT2D eigenvalue weighted by atomic mass is 15.1. The van der Waals surface area contributed by atoms with E-state index in [0.717, 1.165) is 17.1 Å². The molecule has 0 heterocycles. The van der Waals surface area contributed by atoms with Crippen molar-refractivity contribution in [3.05, 3.63) is 273 Å². The maximum atomic E-state index is 2.54. The standard InChI is InChI=1S/C70H45N/c1-4-20-46(21-5-1)47-36-38-49(39-37-47)63-45-64(48-22-6-2-7-23-48)69-61-35-19-16-32-58(61)65-44-53(40-41-62(65)70(69)68(63)50-24-8-3-9-25-50)71(66-42-51-26-10-12-28-54(51)56-30-14-17-33-59(56)66)67-43-52-27-11-13-29-55(52)57-31-15-18-34-60(57)67/h1-45H. The maximum absolute atomic E-state index is 2.54. The summed E-state index contributed by atoms with van der Waals surface area (Å²) >= 11 is 0. The molecule has 14 aromatic carbocycles. The van der Waals surface area contributed by atoms with Crippen LogP contribution in [-0.2, 0) is 0 Å². The minimum Gasteiger partial charge on any atom is -0.309 e. The van der Waals surface area contributed by atoms with Crippen LogP contribution >= 0.6 is 0 Å². The Hall–Kier alpha value is -9.30. The predicted molar refractivity (Wildman–Crippen MR) is 305 cm³/mol. The molecule has 0 N–H and O–H groups in total. The first-order chi connectivity index (χ1) is 35.2. The largest absolute Gasteiger partial charge is 0.309 e. The van der Waals surface area contributed by atoms with Crippen LogP contribution in [0.4, 0.5) is 17.1 Å². The number of rotatable bonds is 7. The number of benzene rings is 14. The Bertz CT molecular complexity index is 4250. The van der Waals surface area contributed by atoms with Crippen molar-refractivity contribution in [1.82, 2.24) is 0 Å². The molecule has 0 saturated carbocycles. The smallest absolute Gasteiger partial charge is 0.0546 e. The van der Waals surface area contributed by atoms with Crippen LogP contribution in [0.3, 0.4) is 0 Å². The molecule has 0 aliphatic heterocycles. The molecule has 71 heavy (non-hydrogen) atoms. The molecule has 0 fully saturated rings. The number of hydrogen-bond donors (Lipinski definition) is 0. The van der Waals surface area contributed by atoms with Gasteiger partial charge in [0.2, 0.25) is 0 Å². The summed E-state index contributed by atoms with van der Waals surface area (Å²) in [5.41, 5.74) is 13.0. The van der Waals surface area contributed by atoms with Crippen LogP contribution in [0, 0.1) is 0 Å². The van der Waals surface area contributed by atoms with E-state index >= 15 is 0 Å². The van der Waals surface area contributed by atoms with Crippen molar-refractivity contribution in [1.29, 1.82) is 0 Å². The lowest BCUT2D eigenvalue weighted by Crippen LogP contribution is -2.11. The highest BCUT2D eigenvalue weighted by molar-refractivity contribution is 6.33. The molecule has 0 amide bonds. The summed E-state index contributed by atoms with van der Waals surface area (Å²) in [6.45, 7) is 0. The molecule has 1 nitrogen and oxygen atoms in total. The van der Waals surface area contributed by atoms with Crippen LogP contribution < -0.4 is 4.90 Å². The fourth-order valence-electron chi connectivity index (χ4n) is 11.6. The number of anilines is 3. The van der Waals surface area contributed by atoms with Gasteiger partial charge in [0.15, 0.2) is 0 Å². The molecule has 0 unspecified atom stereocenters. The van der Waals surface area contributed by atoms with Gasteiger partial charge < -0.3 is 4.90 Å². The van der Waals surface area contributed by atoms with Crippen LogP contribution in [0.1, 0.15) is 0 Å². The van der Waals surface area contributed by atoms with Gasteiger partial charge in [0.05, 0.1) is 11.4 Å². The average molecular weight is 900 g/mol. The lowest BCUT2D eigenvalue weighted by atomic mass is 9.81. The highest BCUT2D eigenvalue weighted by Gasteiger charge is 2.25. The molecule has 0 spiro atoms. The molecule has 0 aromatic heterocycles. The monoisotopic (exact) mass is 899 g/mol. The van der Waals surface area contributed by atoms with Crippen molar-refractivity contribution >= 4 is 92.5 Å². The van der Waals surface area contributed by atoms with Gasteiger partial charge in [-0.2, -0.15) is 0 Å². The first-order valence-corrected chi connectivity index (χ1v) is 24.6. The molecule has 14 aromatic rings. The van der Waals surface area contributed by atoms with Crippen molar-refractivity contribution < 1.29 is 0 Å². The minimum absolute atomic E-state index is 1.10. The van der Waals surface area contributed by atoms with E-state index in [2.05, 4.69) is 278 Å². The second-order valence-electron chi connectivity index (χ2n) is 18.7. The second kappa shape index (κ2) is 16.7. The van der Waals surface area contributed by atoms with Crippen molar-refractivity contribution in [2.75, 3.05) is 4.90 Å². The Morgan fingerprint density at radius 1 is 0.211 bits per heavy atom. The second-order valence-corrected chi connectivity index (χ2v) is 18.7. The summed E-state index contributed by atoms with van der Waals surface area (Å²) in [4.78, 5) is 2.54. The topological polar surface area (TPSA) is 3.24 Å². The van der Waals surface area contributed by atoms with Gasteiger partial charge in [-0.1, -0.05) is 243 Å². The quantitative estimate of drug-likeness (QED) is 0.144. The Kier molecular flexibility index (Phi) is 9.60. The van der Waals surface area contributed by atoms with Gasteiger partial charge in [-0.05, 0) is 139 Å². The molecule has 0 radical (unpaired) electrons. The molecule has 0 aliphatic rings. The van der Waals surface area contributed by atoms with E-state index in [4.69, 9.17) is 0 Å². The maximum Gasteiger partial charge on any atom is 0.0546 e. The van der Waals surface area contributed by atoms with E-state index in [9.17, 15) is 0 Å². The summed E-state index contributed by atoms with van der Waals surface area (Å²) in [5, 5.41) is 17.2. The third-order valence-electron chi connectivity index (χ3n) is 14.8. The van der Waals surface area contributed by atoms with Crippen LogP contribution in [0.25, 0.3) is 120 Å². The Morgan fingerprint density at radius 3 is 1.17 bits per heavy atom. The summed E-state index contributed by atoms with van der Waals surface area (Å²) in [6.07, 6.45) is 0. The summed E-state index contributed by atoms with van der Waals surface area (Å²) in [7, 11) is 0. The zero-order valence-corrected chi connectivity index (χ0v) is 38.9. The SMILES string of the molecule is c1ccc(-c2ccc(-c3cc(-c4ccccc4)c4c5ccccc5c5cc(N(c6cc7ccccc7c7ccccc67)c6cc7ccccc7c7ccccc67)ccc5c4c3-c3ccccc3)cc2)cc1. The Labute approximate surface area is 412 Å². The number of fused-ring (bicyclic) bond motifs is 12. The molecule has 0 bridgehead atoms. The molecular weight excluding hydrogens is 855 g/mol. The minimum atomic E-state index is 1.10. The predicted octanol–water partition coefficient (Wildman–Crippen LogP) is 19.9. The molecular formula is C70H45N. The molecule has 0 aliphatic carbocycles. The summed E-state index contributed by atoms with van der Waals surface area (Å²) in [6, 6.07) is 101. The van der Waals surface area contributed by atoms with E-state index in [1.165, 1.54) is 120 Å². The molecule has 1 heteroatoms. The van der Waals surface area contributed by atoms with Crippen molar-refractivity contribution in [3.8, 4) is 44.5 Å². The normalized spacial score (nSPS) is 11.7. The summed E-state index contributed by atoms with van der Waals surface area (Å²) in [5.74, 6) is 0. The Morgan fingerprint density at radius 2 is 0.606 bits per heavy atom. The van der Waals surface area contributed by atoms with Gasteiger partial charge in [0, 0.05) is 16.5 Å². The van der Waals surface area contributed by atoms with Gasteiger partial charge in [-0.25, -0.2) is 0 Å². The van der Waals surface area contributed by atoms with E-state index in [1.54, 1.807) is 0 Å². The number of hydrogen-bond acceptors (Lipinski definition) is 1. The lowest BCUT2D eigenvalue weighted by Gasteiger charge is -2.30. The van der Waals surface area contributed by atoms with Crippen molar-refractivity contribution in [2.45, 2.75) is 0 Å². The van der Waals surface area contributed by atoms with E-state index in [0.29, 0.717) is 0 Å². The third-order valence-corrected chi connectivity index (χ3v) is 14.8. The van der Waals surface area contributed by atoms with Crippen LogP contribution in [0.2, 0.25) is 0 Å². The van der Waals surface area contributed by atoms with Gasteiger partial charge >= 0.3 is 0 Å². The zero-order chi connectivity index (χ0) is 46.8. The van der Waals surface area contributed by atoms with Crippen LogP contribution in [0.15, 0.2) is 273 Å². The van der Waals surface area contributed by atoms with E-state index in [-0.39, 0.29) is 0 Å². The molecule has 330 valence electrons.